The molecule has 27 heavy (non-hydrogen) atoms. The molecule has 0 saturated heterocycles. The molecule has 6 nitrogen and oxygen atoms in total. The molecule has 1 heterocycles. The molecule has 6 heteroatoms. The van der Waals surface area contributed by atoms with Crippen LogP contribution >= 0.6 is 0 Å². The van der Waals surface area contributed by atoms with Crippen molar-refractivity contribution in [3.63, 3.8) is 0 Å². The number of nitrogens with one attached hydrogen (secondary N) is 3. The Labute approximate surface area is 157 Å². The molecule has 3 N–H and O–H groups in total. The fraction of sp³-hybridized carbons (Fsp3) is 0.143. The first-order chi connectivity index (χ1) is 13.1. The third kappa shape index (κ3) is 5.47. The zero-order chi connectivity index (χ0) is 19.1. The van der Waals surface area contributed by atoms with Gasteiger partial charge in [-0.05, 0) is 55.5 Å². The average Bonchev–Trinajstić information content (AvgIpc) is 3.15. The van der Waals surface area contributed by atoms with Gasteiger partial charge in [0.15, 0.2) is 0 Å². The van der Waals surface area contributed by atoms with E-state index in [0.717, 1.165) is 5.76 Å². The van der Waals surface area contributed by atoms with Crippen LogP contribution in [0.15, 0.2) is 77.4 Å². The zero-order valence-corrected chi connectivity index (χ0v) is 14.9. The van der Waals surface area contributed by atoms with Gasteiger partial charge in [-0.3, -0.25) is 4.79 Å². The van der Waals surface area contributed by atoms with Crippen LogP contribution in [0.5, 0.6) is 0 Å². The van der Waals surface area contributed by atoms with Crippen molar-refractivity contribution >= 4 is 23.3 Å². The number of furan rings is 1. The van der Waals surface area contributed by atoms with E-state index in [2.05, 4.69) is 16.0 Å². The molecule has 1 aromatic heterocycles. The topological polar surface area (TPSA) is 83.4 Å². The molecule has 0 aliphatic carbocycles. The van der Waals surface area contributed by atoms with Crippen LogP contribution in [-0.2, 0) is 6.42 Å². The summed E-state index contributed by atoms with van der Waals surface area (Å²) in [5, 5.41) is 8.40. The highest BCUT2D eigenvalue weighted by molar-refractivity contribution is 6.00. The number of carbonyl (C=O) groups is 2. The first kappa shape index (κ1) is 18.3. The summed E-state index contributed by atoms with van der Waals surface area (Å²) in [7, 11) is 0. The number of carbonyl (C=O) groups excluding carboxylic acids is 2. The van der Waals surface area contributed by atoms with Crippen molar-refractivity contribution in [1.29, 1.82) is 0 Å². The lowest BCUT2D eigenvalue weighted by atomic mass is 10.1. The van der Waals surface area contributed by atoms with Crippen molar-refractivity contribution in [2.45, 2.75) is 19.4 Å². The van der Waals surface area contributed by atoms with Crippen molar-refractivity contribution in [2.75, 3.05) is 10.6 Å². The van der Waals surface area contributed by atoms with Gasteiger partial charge in [-0.25, -0.2) is 4.79 Å². The van der Waals surface area contributed by atoms with E-state index in [0.29, 0.717) is 23.4 Å². The molecule has 0 radical (unpaired) electrons. The largest absolute Gasteiger partial charge is 0.469 e. The number of anilines is 2. The van der Waals surface area contributed by atoms with Crippen molar-refractivity contribution in [1.82, 2.24) is 5.32 Å². The van der Waals surface area contributed by atoms with Gasteiger partial charge >= 0.3 is 6.03 Å². The highest BCUT2D eigenvalue weighted by Crippen LogP contribution is 2.12. The Hall–Kier alpha value is -3.54. The SMILES string of the molecule is CC(Cc1ccco1)NC(=O)c1ccc(NC(=O)Nc2ccccc2)cc1. The van der Waals surface area contributed by atoms with E-state index in [1.54, 1.807) is 42.7 Å². The maximum Gasteiger partial charge on any atom is 0.323 e. The van der Waals surface area contributed by atoms with E-state index in [-0.39, 0.29) is 18.0 Å². The zero-order valence-electron chi connectivity index (χ0n) is 14.9. The number of urea groups is 1. The molecule has 0 spiro atoms. The number of hydrogen-bond acceptors (Lipinski definition) is 3. The number of benzene rings is 2. The molecule has 2 aromatic carbocycles. The third-order valence-electron chi connectivity index (χ3n) is 3.90. The number of hydrogen-bond donors (Lipinski definition) is 3. The molecule has 0 saturated carbocycles. The van der Waals surface area contributed by atoms with E-state index >= 15 is 0 Å². The Morgan fingerprint density at radius 1 is 0.889 bits per heavy atom. The second kappa shape index (κ2) is 8.71. The summed E-state index contributed by atoms with van der Waals surface area (Å²) < 4.78 is 5.29. The van der Waals surface area contributed by atoms with Gasteiger partial charge in [-0.2, -0.15) is 0 Å². The van der Waals surface area contributed by atoms with Crippen LogP contribution in [-0.4, -0.2) is 18.0 Å². The normalized spacial score (nSPS) is 11.4. The minimum atomic E-state index is -0.342. The quantitative estimate of drug-likeness (QED) is 0.611. The lowest BCUT2D eigenvalue weighted by Gasteiger charge is -2.13. The lowest BCUT2D eigenvalue weighted by molar-refractivity contribution is 0.0939. The Kier molecular flexibility index (Phi) is 5.89. The highest BCUT2D eigenvalue weighted by Gasteiger charge is 2.12. The molecule has 1 unspecified atom stereocenters. The van der Waals surface area contributed by atoms with Crippen molar-refractivity contribution in [3.05, 3.63) is 84.3 Å². The Morgan fingerprint density at radius 2 is 1.56 bits per heavy atom. The molecule has 138 valence electrons. The van der Waals surface area contributed by atoms with Crippen LogP contribution in [0.25, 0.3) is 0 Å². The summed E-state index contributed by atoms with van der Waals surface area (Å²) in [5.74, 6) is 0.654. The summed E-state index contributed by atoms with van der Waals surface area (Å²) >= 11 is 0. The molecular weight excluding hydrogens is 342 g/mol. The maximum absolute atomic E-state index is 12.3. The first-order valence-electron chi connectivity index (χ1n) is 8.66. The van der Waals surface area contributed by atoms with Crippen LogP contribution < -0.4 is 16.0 Å². The smallest absolute Gasteiger partial charge is 0.323 e. The minimum absolute atomic E-state index is 0.0573. The summed E-state index contributed by atoms with van der Waals surface area (Å²) in [6.45, 7) is 1.92. The Morgan fingerprint density at radius 3 is 2.19 bits per heavy atom. The van der Waals surface area contributed by atoms with Crippen LogP contribution in [0.1, 0.15) is 23.0 Å². The van der Waals surface area contributed by atoms with E-state index in [1.165, 1.54) is 0 Å². The van der Waals surface area contributed by atoms with Crippen LogP contribution in [0, 0.1) is 0 Å². The van der Waals surface area contributed by atoms with Crippen molar-refractivity contribution in [2.24, 2.45) is 0 Å². The fourth-order valence-electron chi connectivity index (χ4n) is 2.61. The number of para-hydroxylation sites is 1. The first-order valence-corrected chi connectivity index (χ1v) is 8.66. The molecule has 1 atom stereocenters. The molecule has 3 aromatic rings. The summed E-state index contributed by atoms with van der Waals surface area (Å²) in [6, 6.07) is 19.2. The van der Waals surface area contributed by atoms with E-state index in [1.807, 2.05) is 37.3 Å². The average molecular weight is 363 g/mol. The minimum Gasteiger partial charge on any atom is -0.469 e. The van der Waals surface area contributed by atoms with Gasteiger partial charge in [0.2, 0.25) is 0 Å². The number of rotatable bonds is 6. The van der Waals surface area contributed by atoms with Crippen LogP contribution in [0.2, 0.25) is 0 Å². The second-order valence-electron chi connectivity index (χ2n) is 6.18. The molecule has 0 fully saturated rings. The Balaban J connectivity index is 1.51. The fourth-order valence-corrected chi connectivity index (χ4v) is 2.61. The van der Waals surface area contributed by atoms with Gasteiger partial charge in [-0.1, -0.05) is 18.2 Å². The van der Waals surface area contributed by atoms with Gasteiger partial charge in [0.25, 0.3) is 5.91 Å². The van der Waals surface area contributed by atoms with Crippen LogP contribution in [0.3, 0.4) is 0 Å². The molecule has 0 aliphatic rings. The van der Waals surface area contributed by atoms with Gasteiger partial charge in [0.1, 0.15) is 5.76 Å². The van der Waals surface area contributed by atoms with Gasteiger partial charge in [-0.15, -0.1) is 0 Å². The monoisotopic (exact) mass is 363 g/mol. The van der Waals surface area contributed by atoms with E-state index in [4.69, 9.17) is 4.42 Å². The standard InChI is InChI=1S/C21H21N3O3/c1-15(14-19-8-5-13-27-19)22-20(25)16-9-11-18(12-10-16)24-21(26)23-17-6-3-2-4-7-17/h2-13,15H,14H2,1H3,(H,22,25)(H2,23,24,26). The predicted molar refractivity (Wildman–Crippen MR) is 105 cm³/mol. The molecule has 3 rings (SSSR count). The molecular formula is C21H21N3O3. The summed E-state index contributed by atoms with van der Waals surface area (Å²) in [4.78, 5) is 24.3. The maximum atomic E-state index is 12.3. The summed E-state index contributed by atoms with van der Waals surface area (Å²) in [6.07, 6.45) is 2.24. The van der Waals surface area contributed by atoms with Gasteiger partial charge < -0.3 is 20.4 Å². The molecule has 3 amide bonds. The lowest BCUT2D eigenvalue weighted by Crippen LogP contribution is -2.34. The molecule has 0 bridgehead atoms. The van der Waals surface area contributed by atoms with E-state index < -0.39 is 0 Å². The third-order valence-corrected chi connectivity index (χ3v) is 3.90. The highest BCUT2D eigenvalue weighted by atomic mass is 16.3. The second-order valence-corrected chi connectivity index (χ2v) is 6.18. The Bertz CT molecular complexity index is 875. The van der Waals surface area contributed by atoms with Gasteiger partial charge in [0, 0.05) is 29.4 Å². The van der Waals surface area contributed by atoms with Crippen molar-refractivity contribution < 1.29 is 14.0 Å². The predicted octanol–water partition coefficient (Wildman–Crippen LogP) is 4.28. The number of amides is 3. The van der Waals surface area contributed by atoms with Gasteiger partial charge in [0.05, 0.1) is 6.26 Å². The van der Waals surface area contributed by atoms with Crippen LogP contribution in [0.4, 0.5) is 16.2 Å². The molecule has 0 aliphatic heterocycles. The van der Waals surface area contributed by atoms with Crippen molar-refractivity contribution in [3.8, 4) is 0 Å². The summed E-state index contributed by atoms with van der Waals surface area (Å²) in [5.41, 5.74) is 1.83. The van der Waals surface area contributed by atoms with E-state index in [9.17, 15) is 9.59 Å².